The van der Waals surface area contributed by atoms with E-state index in [1.807, 2.05) is 20.8 Å². The molecule has 0 spiro atoms. The number of aromatic amines is 1. The Bertz CT molecular complexity index is 643. The summed E-state index contributed by atoms with van der Waals surface area (Å²) in [5.41, 5.74) is 2.51. The van der Waals surface area contributed by atoms with Crippen LogP contribution in [0, 0.1) is 13.8 Å². The first-order chi connectivity index (χ1) is 11.4. The van der Waals surface area contributed by atoms with Crippen molar-refractivity contribution in [3.05, 3.63) is 22.5 Å². The van der Waals surface area contributed by atoms with Gasteiger partial charge < -0.3 is 14.2 Å². The first-order valence-electron chi connectivity index (χ1n) is 8.88. The van der Waals surface area contributed by atoms with Crippen LogP contribution in [-0.2, 0) is 4.74 Å². The van der Waals surface area contributed by atoms with Crippen molar-refractivity contribution in [3.63, 3.8) is 0 Å². The lowest BCUT2D eigenvalue weighted by Gasteiger charge is -2.53. The minimum absolute atomic E-state index is 0.0840. The molecule has 0 amide bonds. The molecular formula is C18H28N3O3+. The fourth-order valence-electron chi connectivity index (χ4n) is 4.24. The average Bonchev–Trinajstić information content (AvgIpc) is 2.90. The van der Waals surface area contributed by atoms with Gasteiger partial charge in [-0.2, -0.15) is 0 Å². The summed E-state index contributed by atoms with van der Waals surface area (Å²) in [6.07, 6.45) is 0. The Morgan fingerprint density at radius 1 is 1.21 bits per heavy atom. The molecule has 2 bridgehead atoms. The molecule has 6 nitrogen and oxygen atoms in total. The Morgan fingerprint density at radius 3 is 2.33 bits per heavy atom. The van der Waals surface area contributed by atoms with Crippen LogP contribution < -0.4 is 0 Å². The smallest absolute Gasteiger partial charge is 0.340 e. The number of ketones is 1. The van der Waals surface area contributed by atoms with Crippen molar-refractivity contribution in [3.8, 4) is 0 Å². The van der Waals surface area contributed by atoms with Crippen molar-refractivity contribution < 1.29 is 18.8 Å². The van der Waals surface area contributed by atoms with Gasteiger partial charge in [0.15, 0.2) is 6.04 Å². The van der Waals surface area contributed by atoms with Crippen molar-refractivity contribution >= 4 is 11.8 Å². The van der Waals surface area contributed by atoms with Crippen LogP contribution in [0.5, 0.6) is 0 Å². The molecule has 1 aromatic rings. The average molecular weight is 334 g/mol. The molecule has 3 saturated heterocycles. The van der Waals surface area contributed by atoms with E-state index >= 15 is 0 Å². The van der Waals surface area contributed by atoms with Gasteiger partial charge in [-0.3, -0.25) is 9.69 Å². The zero-order valence-corrected chi connectivity index (χ0v) is 15.1. The molecule has 0 saturated carbocycles. The first kappa shape index (κ1) is 17.2. The summed E-state index contributed by atoms with van der Waals surface area (Å²) in [5.74, 6) is -0.240. The number of quaternary nitrogens is 1. The van der Waals surface area contributed by atoms with E-state index in [0.717, 1.165) is 49.3 Å². The molecule has 0 unspecified atom stereocenters. The van der Waals surface area contributed by atoms with Gasteiger partial charge in [0.2, 0.25) is 5.78 Å². The number of aromatic nitrogens is 1. The van der Waals surface area contributed by atoms with E-state index in [9.17, 15) is 9.59 Å². The minimum Gasteiger partial charge on any atom is -0.462 e. The van der Waals surface area contributed by atoms with Crippen LogP contribution in [0.25, 0.3) is 0 Å². The number of esters is 1. The van der Waals surface area contributed by atoms with E-state index in [1.54, 1.807) is 6.92 Å². The van der Waals surface area contributed by atoms with Gasteiger partial charge in [-0.1, -0.05) is 0 Å². The highest BCUT2D eigenvalue weighted by Crippen LogP contribution is 2.27. The van der Waals surface area contributed by atoms with Gasteiger partial charge in [-0.25, -0.2) is 4.79 Å². The summed E-state index contributed by atoms with van der Waals surface area (Å²) in [6.45, 7) is 14.2. The second kappa shape index (κ2) is 6.33. The summed E-state index contributed by atoms with van der Waals surface area (Å²) in [5, 5.41) is 0. The number of fused-ring (bicyclic) bond motifs is 3. The minimum atomic E-state index is -0.353. The van der Waals surface area contributed by atoms with E-state index < -0.39 is 0 Å². The number of ether oxygens (including phenoxy) is 1. The molecule has 0 aliphatic carbocycles. The summed E-state index contributed by atoms with van der Waals surface area (Å²) in [7, 11) is 0. The summed E-state index contributed by atoms with van der Waals surface area (Å²) >= 11 is 0. The molecule has 4 heterocycles. The quantitative estimate of drug-likeness (QED) is 0.504. The number of rotatable bonds is 5. The number of carbonyl (C=O) groups is 2. The third kappa shape index (κ3) is 2.67. The molecule has 1 aromatic heterocycles. The lowest BCUT2D eigenvalue weighted by Crippen LogP contribution is -2.71. The molecule has 4 rings (SSSR count). The summed E-state index contributed by atoms with van der Waals surface area (Å²) in [4.78, 5) is 31.0. The molecule has 1 N–H and O–H groups in total. The molecule has 1 atom stereocenters. The van der Waals surface area contributed by atoms with Crippen molar-refractivity contribution in [2.45, 2.75) is 33.7 Å². The number of carbonyl (C=O) groups excluding carboxylic acids is 2. The molecule has 0 radical (unpaired) electrons. The highest BCUT2D eigenvalue weighted by molar-refractivity contribution is 6.03. The molecule has 3 fully saturated rings. The topological polar surface area (TPSA) is 62.4 Å². The lowest BCUT2D eigenvalue weighted by molar-refractivity contribution is -0.952. The molecule has 3 aliphatic heterocycles. The zero-order valence-electron chi connectivity index (χ0n) is 15.1. The molecule has 0 aromatic carbocycles. The number of hydrogen-bond acceptors (Lipinski definition) is 4. The number of H-pyrrole nitrogens is 1. The van der Waals surface area contributed by atoms with Crippen LogP contribution in [0.15, 0.2) is 0 Å². The van der Waals surface area contributed by atoms with E-state index in [-0.39, 0.29) is 17.8 Å². The predicted molar refractivity (Wildman–Crippen MR) is 91.3 cm³/mol. The van der Waals surface area contributed by atoms with Gasteiger partial charge in [0.1, 0.15) is 0 Å². The van der Waals surface area contributed by atoms with Crippen LogP contribution in [0.2, 0.25) is 0 Å². The fourth-order valence-corrected chi connectivity index (χ4v) is 4.24. The Balaban J connectivity index is 1.87. The first-order valence-corrected chi connectivity index (χ1v) is 8.88. The monoisotopic (exact) mass is 334 g/mol. The van der Waals surface area contributed by atoms with E-state index in [2.05, 4.69) is 9.88 Å². The van der Waals surface area contributed by atoms with Crippen molar-refractivity contribution in [1.29, 1.82) is 0 Å². The summed E-state index contributed by atoms with van der Waals surface area (Å²) < 4.78 is 6.00. The SMILES string of the molecule is CCOC(=O)c1c(C)[nH]c(C(=O)[C@H](C)[N+]23CCN(CC2)CC3)c1C. The van der Waals surface area contributed by atoms with Crippen molar-refractivity contribution in [1.82, 2.24) is 9.88 Å². The Kier molecular flexibility index (Phi) is 4.53. The Morgan fingerprint density at radius 2 is 1.79 bits per heavy atom. The third-order valence-electron chi connectivity index (χ3n) is 5.95. The maximum Gasteiger partial charge on any atom is 0.340 e. The lowest BCUT2D eigenvalue weighted by atomic mass is 9.99. The molecule has 132 valence electrons. The second-order valence-corrected chi connectivity index (χ2v) is 7.12. The van der Waals surface area contributed by atoms with Crippen molar-refractivity contribution in [2.75, 3.05) is 45.9 Å². The second-order valence-electron chi connectivity index (χ2n) is 7.12. The molecular weight excluding hydrogens is 306 g/mol. The summed E-state index contributed by atoms with van der Waals surface area (Å²) in [6, 6.07) is -0.0840. The maximum atomic E-state index is 13.2. The number of nitrogens with one attached hydrogen (secondary N) is 1. The van der Waals surface area contributed by atoms with Gasteiger partial charge in [-0.05, 0) is 33.3 Å². The highest BCUT2D eigenvalue weighted by atomic mass is 16.5. The predicted octanol–water partition coefficient (Wildman–Crippen LogP) is 1.53. The van der Waals surface area contributed by atoms with Gasteiger partial charge in [0, 0.05) is 25.3 Å². The molecule has 3 aliphatic rings. The number of piperazine rings is 3. The van der Waals surface area contributed by atoms with Gasteiger partial charge >= 0.3 is 5.97 Å². The number of Topliss-reactive ketones (excluding diaryl/α,β-unsaturated/α-hetero) is 1. The van der Waals surface area contributed by atoms with E-state index in [1.165, 1.54) is 0 Å². The zero-order chi connectivity index (χ0) is 17.5. The van der Waals surface area contributed by atoms with Gasteiger partial charge in [0.05, 0.1) is 37.5 Å². The van der Waals surface area contributed by atoms with Gasteiger partial charge in [-0.15, -0.1) is 0 Å². The van der Waals surface area contributed by atoms with E-state index in [0.29, 0.717) is 23.6 Å². The standard InChI is InChI=1S/C18H27N3O3/c1-5-24-18(23)15-12(2)16(19-13(15)3)17(22)14(4)21-9-6-20(7-10-21)8-11-21/h14H,5-11H2,1-4H3/p+1/t14-/m0/s1. The molecule has 6 heteroatoms. The van der Waals surface area contributed by atoms with Crippen LogP contribution in [0.4, 0.5) is 0 Å². The number of hydrogen-bond donors (Lipinski definition) is 1. The highest BCUT2D eigenvalue weighted by Gasteiger charge is 2.46. The molecule has 24 heavy (non-hydrogen) atoms. The maximum absolute atomic E-state index is 13.2. The van der Waals surface area contributed by atoms with Crippen LogP contribution in [-0.4, -0.2) is 78.0 Å². The Labute approximate surface area is 143 Å². The van der Waals surface area contributed by atoms with Crippen LogP contribution in [0.1, 0.15) is 46.0 Å². The Hall–Kier alpha value is -1.66. The fraction of sp³-hybridized carbons (Fsp3) is 0.667. The van der Waals surface area contributed by atoms with Crippen LogP contribution >= 0.6 is 0 Å². The third-order valence-corrected chi connectivity index (χ3v) is 5.95. The van der Waals surface area contributed by atoms with Crippen LogP contribution in [0.3, 0.4) is 0 Å². The number of nitrogens with zero attached hydrogens (tertiary/aromatic N) is 2. The number of aryl methyl sites for hydroxylation is 1. The normalized spacial score (nSPS) is 27.1. The largest absolute Gasteiger partial charge is 0.462 e. The van der Waals surface area contributed by atoms with E-state index in [4.69, 9.17) is 4.74 Å². The van der Waals surface area contributed by atoms with Crippen molar-refractivity contribution in [2.24, 2.45) is 0 Å². The van der Waals surface area contributed by atoms with Gasteiger partial charge in [0.25, 0.3) is 0 Å².